The van der Waals surface area contributed by atoms with E-state index in [9.17, 15) is 4.79 Å². The number of hydrogen-bond donors (Lipinski definition) is 2. The molecule has 5 nitrogen and oxygen atoms in total. The van der Waals surface area contributed by atoms with Crippen LogP contribution in [-0.4, -0.2) is 24.0 Å². The van der Waals surface area contributed by atoms with Gasteiger partial charge in [-0.2, -0.15) is 0 Å². The van der Waals surface area contributed by atoms with E-state index < -0.39 is 6.04 Å². The van der Waals surface area contributed by atoms with E-state index in [-0.39, 0.29) is 5.91 Å². The van der Waals surface area contributed by atoms with Crippen LogP contribution in [0.4, 0.5) is 10.8 Å². The molecule has 2 N–H and O–H groups in total. The van der Waals surface area contributed by atoms with E-state index in [0.717, 1.165) is 21.8 Å². The van der Waals surface area contributed by atoms with Gasteiger partial charge in [-0.05, 0) is 39.3 Å². The summed E-state index contributed by atoms with van der Waals surface area (Å²) in [7, 11) is 1.57. The Bertz CT molecular complexity index is 711. The van der Waals surface area contributed by atoms with Crippen LogP contribution >= 0.6 is 22.9 Å². The average Bonchev–Trinajstić information content (AvgIpc) is 2.80. The minimum atomic E-state index is -0.450. The van der Waals surface area contributed by atoms with Crippen molar-refractivity contribution in [3.8, 4) is 5.75 Å². The van der Waals surface area contributed by atoms with Gasteiger partial charge in [0, 0.05) is 16.0 Å². The van der Waals surface area contributed by atoms with Gasteiger partial charge >= 0.3 is 0 Å². The highest BCUT2D eigenvalue weighted by Crippen LogP contribution is 2.31. The van der Waals surface area contributed by atoms with Crippen LogP contribution in [0.5, 0.6) is 5.75 Å². The summed E-state index contributed by atoms with van der Waals surface area (Å²) < 4.78 is 5.31. The van der Waals surface area contributed by atoms with E-state index in [1.165, 1.54) is 11.3 Å². The van der Waals surface area contributed by atoms with Gasteiger partial charge in [-0.3, -0.25) is 4.79 Å². The molecule has 0 aliphatic carbocycles. The second-order valence-electron chi connectivity index (χ2n) is 5.32. The molecule has 2 aromatic rings. The number of aromatic nitrogens is 1. The summed E-state index contributed by atoms with van der Waals surface area (Å²) >= 11 is 7.56. The maximum Gasteiger partial charge on any atom is 0.248 e. The molecule has 1 aromatic heterocycles. The average molecular weight is 354 g/mol. The fraction of sp³-hybridized carbons (Fsp3) is 0.375. The van der Waals surface area contributed by atoms with Crippen molar-refractivity contribution in [2.24, 2.45) is 0 Å². The highest BCUT2D eigenvalue weighted by Gasteiger charge is 2.17. The number of hydrogen-bond acceptors (Lipinski definition) is 5. The highest BCUT2D eigenvalue weighted by molar-refractivity contribution is 7.15. The number of thiazole rings is 1. The molecular weight excluding hydrogens is 334 g/mol. The number of anilines is 2. The molecule has 0 unspecified atom stereocenters. The van der Waals surface area contributed by atoms with Gasteiger partial charge in [-0.25, -0.2) is 4.98 Å². The molecule has 0 aliphatic rings. The first-order valence-corrected chi connectivity index (χ1v) is 8.36. The Kier molecular flexibility index (Phi) is 5.49. The lowest BCUT2D eigenvalue weighted by Crippen LogP contribution is -2.32. The summed E-state index contributed by atoms with van der Waals surface area (Å²) in [5, 5.41) is 7.21. The summed E-state index contributed by atoms with van der Waals surface area (Å²) in [6, 6.07) is 3.15. The summed E-state index contributed by atoms with van der Waals surface area (Å²) in [4.78, 5) is 17.7. The van der Waals surface area contributed by atoms with Crippen molar-refractivity contribution in [3.05, 3.63) is 33.3 Å². The number of nitrogens with one attached hydrogen (secondary N) is 2. The van der Waals surface area contributed by atoms with Crippen molar-refractivity contribution in [1.29, 1.82) is 0 Å². The maximum atomic E-state index is 12.3. The van der Waals surface area contributed by atoms with E-state index in [4.69, 9.17) is 16.3 Å². The minimum Gasteiger partial charge on any atom is -0.495 e. The van der Waals surface area contributed by atoms with Gasteiger partial charge in [0.1, 0.15) is 11.8 Å². The largest absolute Gasteiger partial charge is 0.495 e. The number of benzene rings is 1. The van der Waals surface area contributed by atoms with Gasteiger partial charge in [-0.15, -0.1) is 11.3 Å². The molecule has 0 saturated heterocycles. The van der Waals surface area contributed by atoms with Crippen molar-refractivity contribution in [1.82, 2.24) is 4.98 Å². The van der Waals surface area contributed by atoms with Gasteiger partial charge in [0.2, 0.25) is 5.91 Å². The molecule has 0 spiro atoms. The molecule has 0 radical (unpaired) electrons. The summed E-state index contributed by atoms with van der Waals surface area (Å²) in [6.07, 6.45) is 0. The first-order valence-electron chi connectivity index (χ1n) is 7.17. The molecule has 2 rings (SSSR count). The Balaban J connectivity index is 2.10. The third-order valence-electron chi connectivity index (χ3n) is 3.50. The van der Waals surface area contributed by atoms with E-state index in [2.05, 4.69) is 15.6 Å². The normalized spacial score (nSPS) is 11.9. The van der Waals surface area contributed by atoms with Crippen LogP contribution in [0, 0.1) is 20.8 Å². The Morgan fingerprint density at radius 1 is 1.35 bits per heavy atom. The summed E-state index contributed by atoms with van der Waals surface area (Å²) in [5.41, 5.74) is 2.57. The third kappa shape index (κ3) is 4.14. The fourth-order valence-electron chi connectivity index (χ4n) is 1.98. The number of methoxy groups -OCH3 is 1. The zero-order valence-corrected chi connectivity index (χ0v) is 15.4. The summed E-state index contributed by atoms with van der Waals surface area (Å²) in [6.45, 7) is 7.58. The molecule has 124 valence electrons. The van der Waals surface area contributed by atoms with E-state index >= 15 is 0 Å². The van der Waals surface area contributed by atoms with Crippen molar-refractivity contribution in [3.63, 3.8) is 0 Å². The van der Waals surface area contributed by atoms with Crippen LogP contribution in [0.1, 0.15) is 23.1 Å². The van der Waals surface area contributed by atoms with Crippen LogP contribution in [0.25, 0.3) is 0 Å². The van der Waals surface area contributed by atoms with Gasteiger partial charge < -0.3 is 15.4 Å². The topological polar surface area (TPSA) is 63.2 Å². The third-order valence-corrected chi connectivity index (χ3v) is 4.90. The lowest BCUT2D eigenvalue weighted by molar-refractivity contribution is -0.116. The molecule has 1 aromatic carbocycles. The number of amides is 1. The van der Waals surface area contributed by atoms with Crippen molar-refractivity contribution in [2.75, 3.05) is 17.7 Å². The van der Waals surface area contributed by atoms with Gasteiger partial charge in [0.15, 0.2) is 5.13 Å². The smallest absolute Gasteiger partial charge is 0.248 e. The molecular formula is C16H20ClN3O2S. The van der Waals surface area contributed by atoms with Gasteiger partial charge in [-0.1, -0.05) is 11.6 Å². The van der Waals surface area contributed by atoms with Gasteiger partial charge in [0.25, 0.3) is 0 Å². The standard InChI is InChI=1S/C16H20ClN3O2S/c1-8-6-13(14(22-5)7-12(8)17)18-10(3)15(21)20-16-19-9(2)11(4)23-16/h6-7,10,18H,1-5H3,(H,19,20,21)/t10-/m0/s1. The van der Waals surface area contributed by atoms with E-state index in [1.54, 1.807) is 20.1 Å². The van der Waals surface area contributed by atoms with Crippen LogP contribution in [0.15, 0.2) is 12.1 Å². The maximum absolute atomic E-state index is 12.3. The second-order valence-corrected chi connectivity index (χ2v) is 6.93. The van der Waals surface area contributed by atoms with Crippen LogP contribution in [0.2, 0.25) is 5.02 Å². The van der Waals surface area contributed by atoms with Crippen molar-refractivity contribution in [2.45, 2.75) is 33.7 Å². The quantitative estimate of drug-likeness (QED) is 0.846. The number of carbonyl (C=O) groups is 1. The molecule has 23 heavy (non-hydrogen) atoms. The van der Waals surface area contributed by atoms with Crippen molar-refractivity contribution >= 4 is 39.7 Å². The second kappa shape index (κ2) is 7.19. The Morgan fingerprint density at radius 3 is 2.61 bits per heavy atom. The zero-order valence-electron chi connectivity index (χ0n) is 13.8. The molecule has 1 atom stereocenters. The van der Waals surface area contributed by atoms with Crippen LogP contribution in [-0.2, 0) is 4.79 Å². The lowest BCUT2D eigenvalue weighted by atomic mass is 10.2. The van der Waals surface area contributed by atoms with Crippen LogP contribution < -0.4 is 15.4 Å². The van der Waals surface area contributed by atoms with Gasteiger partial charge in [0.05, 0.1) is 18.5 Å². The first kappa shape index (κ1) is 17.6. The number of aryl methyl sites for hydroxylation is 3. The molecule has 0 saturated carbocycles. The van der Waals surface area contributed by atoms with Crippen molar-refractivity contribution < 1.29 is 9.53 Å². The number of ether oxygens (including phenoxy) is 1. The molecule has 0 aliphatic heterocycles. The monoisotopic (exact) mass is 353 g/mol. The lowest BCUT2D eigenvalue weighted by Gasteiger charge is -2.17. The van der Waals surface area contributed by atoms with E-state index in [1.807, 2.05) is 26.8 Å². The Hall–Kier alpha value is -1.79. The molecule has 1 heterocycles. The fourth-order valence-corrected chi connectivity index (χ4v) is 2.95. The predicted octanol–water partition coefficient (Wildman–Crippen LogP) is 4.17. The molecule has 0 fully saturated rings. The molecule has 0 bridgehead atoms. The Morgan fingerprint density at radius 2 is 2.04 bits per heavy atom. The first-order chi connectivity index (χ1) is 10.8. The SMILES string of the molecule is COc1cc(Cl)c(C)cc1N[C@@H](C)C(=O)Nc1nc(C)c(C)s1. The number of carbonyl (C=O) groups excluding carboxylic acids is 1. The Labute approximate surface area is 145 Å². The molecule has 7 heteroatoms. The zero-order chi connectivity index (χ0) is 17.1. The molecule has 1 amide bonds. The summed E-state index contributed by atoms with van der Waals surface area (Å²) in [5.74, 6) is 0.439. The number of rotatable bonds is 5. The minimum absolute atomic E-state index is 0.159. The highest BCUT2D eigenvalue weighted by atomic mass is 35.5. The predicted molar refractivity (Wildman–Crippen MR) is 96.0 cm³/mol. The number of halogens is 1. The van der Waals surface area contributed by atoms with Crippen LogP contribution in [0.3, 0.4) is 0 Å². The van der Waals surface area contributed by atoms with E-state index in [0.29, 0.717) is 15.9 Å². The number of nitrogens with zero attached hydrogens (tertiary/aromatic N) is 1.